The fraction of sp³-hybridized carbons (Fsp3) is 0.412. The van der Waals surface area contributed by atoms with Crippen molar-refractivity contribution in [2.24, 2.45) is 5.92 Å². The molecule has 98 valence electrons. The van der Waals surface area contributed by atoms with Crippen LogP contribution in [-0.4, -0.2) is 29.6 Å². The van der Waals surface area contributed by atoms with E-state index in [-0.39, 0.29) is 0 Å². The van der Waals surface area contributed by atoms with Gasteiger partial charge in [0.2, 0.25) is 0 Å². The van der Waals surface area contributed by atoms with Crippen LogP contribution >= 0.6 is 0 Å². The van der Waals surface area contributed by atoms with E-state index in [0.717, 1.165) is 38.0 Å². The molecule has 0 aliphatic carbocycles. The van der Waals surface area contributed by atoms with E-state index >= 15 is 0 Å². The lowest BCUT2D eigenvalue weighted by atomic mass is 9.76. The van der Waals surface area contributed by atoms with Crippen molar-refractivity contribution in [2.45, 2.75) is 18.4 Å². The van der Waals surface area contributed by atoms with Crippen molar-refractivity contribution in [3.63, 3.8) is 0 Å². The third-order valence-electron chi connectivity index (χ3n) is 5.01. The molecule has 2 aromatic rings. The van der Waals surface area contributed by atoms with Crippen molar-refractivity contribution in [3.8, 4) is 0 Å². The van der Waals surface area contributed by atoms with Crippen molar-refractivity contribution in [2.75, 3.05) is 19.6 Å². The maximum absolute atomic E-state index is 11.2. The predicted molar refractivity (Wildman–Crippen MR) is 77.0 cm³/mol. The molecule has 0 spiro atoms. The van der Waals surface area contributed by atoms with Gasteiger partial charge in [-0.1, -0.05) is 36.4 Å². The number of hydrogen-bond donors (Lipinski definition) is 1. The molecule has 0 amide bonds. The number of fused-ring (bicyclic) bond motifs is 3. The van der Waals surface area contributed by atoms with E-state index in [2.05, 4.69) is 47.4 Å². The molecule has 0 aromatic heterocycles. The second-order valence-corrected chi connectivity index (χ2v) is 6.02. The highest BCUT2D eigenvalue weighted by Gasteiger charge is 2.45. The number of rotatable bonds is 1. The molecule has 3 unspecified atom stereocenters. The lowest BCUT2D eigenvalue weighted by Gasteiger charge is -2.39. The van der Waals surface area contributed by atoms with Gasteiger partial charge in [-0.05, 0) is 41.8 Å². The molecule has 2 aliphatic rings. The summed E-state index contributed by atoms with van der Waals surface area (Å²) in [7, 11) is 0. The third kappa shape index (κ3) is 1.71. The quantitative estimate of drug-likeness (QED) is 0.844. The van der Waals surface area contributed by atoms with Crippen molar-refractivity contribution in [3.05, 3.63) is 48.0 Å². The number of benzene rings is 2. The maximum atomic E-state index is 11.2. The number of aliphatic hydroxyl groups is 1. The van der Waals surface area contributed by atoms with Crippen LogP contribution in [0, 0.1) is 5.92 Å². The SMILES string of the molecule is OC1(c2ccc3ccccc3c2)CCN2CCC1C2. The summed E-state index contributed by atoms with van der Waals surface area (Å²) < 4.78 is 0. The van der Waals surface area contributed by atoms with Crippen molar-refractivity contribution < 1.29 is 5.11 Å². The molecule has 0 saturated carbocycles. The molecule has 0 radical (unpaired) electrons. The zero-order valence-electron chi connectivity index (χ0n) is 11.0. The molecule has 3 atom stereocenters. The maximum Gasteiger partial charge on any atom is 0.0949 e. The van der Waals surface area contributed by atoms with Gasteiger partial charge in [0.25, 0.3) is 0 Å². The normalized spacial score (nSPS) is 33.7. The standard InChI is InChI=1S/C17H19NO/c19-17(8-10-18-9-7-16(17)12-18)15-6-5-13-3-1-2-4-14(13)11-15/h1-6,11,16,19H,7-10,12H2. The van der Waals surface area contributed by atoms with Gasteiger partial charge < -0.3 is 10.0 Å². The fourth-order valence-electron chi connectivity index (χ4n) is 3.80. The van der Waals surface area contributed by atoms with E-state index in [9.17, 15) is 5.11 Å². The van der Waals surface area contributed by atoms with E-state index < -0.39 is 5.60 Å². The van der Waals surface area contributed by atoms with Crippen molar-refractivity contribution >= 4 is 10.8 Å². The van der Waals surface area contributed by atoms with E-state index in [1.165, 1.54) is 10.8 Å². The van der Waals surface area contributed by atoms with Crippen LogP contribution in [0.15, 0.2) is 42.5 Å². The summed E-state index contributed by atoms with van der Waals surface area (Å²) in [4.78, 5) is 2.47. The monoisotopic (exact) mass is 253 g/mol. The Balaban J connectivity index is 1.80. The largest absolute Gasteiger partial charge is 0.385 e. The summed E-state index contributed by atoms with van der Waals surface area (Å²) in [5, 5.41) is 13.6. The molecular weight excluding hydrogens is 234 g/mol. The number of hydrogen-bond acceptors (Lipinski definition) is 2. The summed E-state index contributed by atoms with van der Waals surface area (Å²) in [6, 6.07) is 14.8. The first kappa shape index (κ1) is 11.4. The average Bonchev–Trinajstić information content (AvgIpc) is 2.88. The first-order valence-electron chi connectivity index (χ1n) is 7.20. The van der Waals surface area contributed by atoms with Crippen LogP contribution in [0.4, 0.5) is 0 Å². The molecule has 19 heavy (non-hydrogen) atoms. The zero-order valence-corrected chi connectivity index (χ0v) is 11.0. The predicted octanol–water partition coefficient (Wildman–Crippen LogP) is 2.75. The highest BCUT2D eigenvalue weighted by molar-refractivity contribution is 5.83. The molecule has 2 heterocycles. The first-order valence-corrected chi connectivity index (χ1v) is 7.20. The Labute approximate surface area is 113 Å². The molecular formula is C17H19NO. The average molecular weight is 253 g/mol. The third-order valence-corrected chi connectivity index (χ3v) is 5.01. The topological polar surface area (TPSA) is 23.5 Å². The lowest BCUT2D eigenvalue weighted by Crippen LogP contribution is -2.44. The van der Waals surface area contributed by atoms with Gasteiger partial charge >= 0.3 is 0 Å². The lowest BCUT2D eigenvalue weighted by molar-refractivity contribution is -0.0501. The van der Waals surface area contributed by atoms with Gasteiger partial charge in [0, 0.05) is 19.0 Å². The molecule has 2 bridgehead atoms. The Bertz CT molecular complexity index is 623. The highest BCUT2D eigenvalue weighted by Crippen LogP contribution is 2.43. The van der Waals surface area contributed by atoms with Crippen LogP contribution in [0.25, 0.3) is 10.8 Å². The molecule has 2 fully saturated rings. The number of nitrogens with zero attached hydrogens (tertiary/aromatic N) is 1. The van der Waals surface area contributed by atoms with Gasteiger partial charge in [0.05, 0.1) is 5.60 Å². The van der Waals surface area contributed by atoms with Crippen LogP contribution in [0.2, 0.25) is 0 Å². The Morgan fingerprint density at radius 1 is 1.05 bits per heavy atom. The van der Waals surface area contributed by atoms with E-state index in [1.807, 2.05) is 0 Å². The second-order valence-electron chi connectivity index (χ2n) is 6.02. The van der Waals surface area contributed by atoms with Gasteiger partial charge in [0.15, 0.2) is 0 Å². The Kier molecular flexibility index (Phi) is 2.44. The Morgan fingerprint density at radius 3 is 2.79 bits per heavy atom. The zero-order chi connectivity index (χ0) is 12.9. The van der Waals surface area contributed by atoms with E-state index in [4.69, 9.17) is 0 Å². The Morgan fingerprint density at radius 2 is 1.89 bits per heavy atom. The summed E-state index contributed by atoms with van der Waals surface area (Å²) >= 11 is 0. The molecule has 1 N–H and O–H groups in total. The first-order chi connectivity index (χ1) is 9.25. The smallest absolute Gasteiger partial charge is 0.0949 e. The molecule has 4 rings (SSSR count). The van der Waals surface area contributed by atoms with Gasteiger partial charge in [0.1, 0.15) is 0 Å². The number of piperidine rings is 1. The van der Waals surface area contributed by atoms with Crippen molar-refractivity contribution in [1.82, 2.24) is 4.90 Å². The summed E-state index contributed by atoms with van der Waals surface area (Å²) in [6.45, 7) is 3.24. The van der Waals surface area contributed by atoms with Crippen LogP contribution < -0.4 is 0 Å². The minimum absolute atomic E-state index is 0.405. The van der Waals surface area contributed by atoms with E-state index in [1.54, 1.807) is 0 Å². The summed E-state index contributed by atoms with van der Waals surface area (Å²) in [5.41, 5.74) is 0.495. The Hall–Kier alpha value is -1.38. The van der Waals surface area contributed by atoms with Gasteiger partial charge in [-0.15, -0.1) is 0 Å². The molecule has 2 aromatic carbocycles. The minimum Gasteiger partial charge on any atom is -0.385 e. The molecule has 2 nitrogen and oxygen atoms in total. The fourth-order valence-corrected chi connectivity index (χ4v) is 3.80. The molecule has 2 saturated heterocycles. The molecule has 2 heteroatoms. The summed E-state index contributed by atoms with van der Waals surface area (Å²) in [6.07, 6.45) is 2.00. The van der Waals surface area contributed by atoms with Crippen LogP contribution in [0.5, 0.6) is 0 Å². The van der Waals surface area contributed by atoms with E-state index in [0.29, 0.717) is 5.92 Å². The second kappa shape index (κ2) is 4.06. The van der Waals surface area contributed by atoms with Crippen LogP contribution in [0.1, 0.15) is 18.4 Å². The minimum atomic E-state index is -0.614. The summed E-state index contributed by atoms with van der Waals surface area (Å²) in [5.74, 6) is 0.405. The van der Waals surface area contributed by atoms with Gasteiger partial charge in [-0.25, -0.2) is 0 Å². The van der Waals surface area contributed by atoms with Gasteiger partial charge in [-0.2, -0.15) is 0 Å². The van der Waals surface area contributed by atoms with Crippen LogP contribution in [-0.2, 0) is 5.60 Å². The molecule has 2 aliphatic heterocycles. The van der Waals surface area contributed by atoms with Crippen molar-refractivity contribution in [1.29, 1.82) is 0 Å². The van der Waals surface area contributed by atoms with Gasteiger partial charge in [-0.3, -0.25) is 0 Å². The highest BCUT2D eigenvalue weighted by atomic mass is 16.3. The van der Waals surface area contributed by atoms with Crippen LogP contribution in [0.3, 0.4) is 0 Å².